The maximum atomic E-state index is 11.3. The van der Waals surface area contributed by atoms with Gasteiger partial charge in [0.15, 0.2) is 0 Å². The molecule has 0 aromatic heterocycles. The summed E-state index contributed by atoms with van der Waals surface area (Å²) in [5, 5.41) is 11.3. The van der Waals surface area contributed by atoms with Gasteiger partial charge in [0.25, 0.3) is 0 Å². The highest BCUT2D eigenvalue weighted by molar-refractivity contribution is 5.55. The van der Waals surface area contributed by atoms with Gasteiger partial charge in [-0.15, -0.1) is 0 Å². The molecular formula is C27H32O. The van der Waals surface area contributed by atoms with Crippen LogP contribution in [0.4, 0.5) is 0 Å². The minimum Gasteiger partial charge on any atom is -0.507 e. The summed E-state index contributed by atoms with van der Waals surface area (Å²) < 4.78 is 0. The van der Waals surface area contributed by atoms with Crippen LogP contribution in [0.15, 0.2) is 54.6 Å². The van der Waals surface area contributed by atoms with E-state index in [9.17, 15) is 5.11 Å². The van der Waals surface area contributed by atoms with Crippen molar-refractivity contribution in [3.63, 3.8) is 0 Å². The maximum absolute atomic E-state index is 11.3. The van der Waals surface area contributed by atoms with Crippen molar-refractivity contribution in [3.8, 4) is 5.75 Å². The van der Waals surface area contributed by atoms with E-state index in [-0.39, 0.29) is 5.41 Å². The lowest BCUT2D eigenvalue weighted by atomic mass is 9.79. The van der Waals surface area contributed by atoms with Gasteiger partial charge in [0.05, 0.1) is 0 Å². The fourth-order valence-corrected chi connectivity index (χ4v) is 4.03. The van der Waals surface area contributed by atoms with E-state index in [4.69, 9.17) is 0 Å². The lowest BCUT2D eigenvalue weighted by Crippen LogP contribution is -2.16. The molecule has 0 amide bonds. The zero-order valence-electron chi connectivity index (χ0n) is 18.1. The van der Waals surface area contributed by atoms with Gasteiger partial charge in [0, 0.05) is 18.4 Å². The summed E-state index contributed by atoms with van der Waals surface area (Å²) in [5.41, 5.74) is 9.71. The Kier molecular flexibility index (Phi) is 5.65. The number of hydrogen-bond acceptors (Lipinski definition) is 1. The van der Waals surface area contributed by atoms with Crippen LogP contribution in [0.3, 0.4) is 0 Å². The van der Waals surface area contributed by atoms with Crippen LogP contribution < -0.4 is 0 Å². The monoisotopic (exact) mass is 372 g/mol. The van der Waals surface area contributed by atoms with Crippen LogP contribution in [-0.2, 0) is 18.3 Å². The van der Waals surface area contributed by atoms with Crippen molar-refractivity contribution in [1.29, 1.82) is 0 Å². The van der Waals surface area contributed by atoms with Crippen LogP contribution in [0.25, 0.3) is 0 Å². The lowest BCUT2D eigenvalue weighted by Gasteiger charge is -2.26. The Labute approximate surface area is 170 Å². The fraction of sp³-hybridized carbons (Fsp3) is 0.333. The molecule has 1 heteroatoms. The van der Waals surface area contributed by atoms with Crippen LogP contribution in [0.5, 0.6) is 5.75 Å². The first-order valence-corrected chi connectivity index (χ1v) is 10.1. The van der Waals surface area contributed by atoms with Gasteiger partial charge < -0.3 is 5.11 Å². The van der Waals surface area contributed by atoms with Crippen LogP contribution in [0.2, 0.25) is 0 Å². The molecular weight excluding hydrogens is 340 g/mol. The number of hydrogen-bond donors (Lipinski definition) is 1. The number of aromatic hydroxyl groups is 1. The Morgan fingerprint density at radius 3 is 1.71 bits per heavy atom. The molecule has 0 aliphatic heterocycles. The highest BCUT2D eigenvalue weighted by Crippen LogP contribution is 2.37. The Morgan fingerprint density at radius 2 is 1.21 bits per heavy atom. The molecule has 0 radical (unpaired) electrons. The molecule has 3 aromatic carbocycles. The minimum atomic E-state index is 0.0265. The molecule has 0 saturated carbocycles. The summed E-state index contributed by atoms with van der Waals surface area (Å²) in [6, 6.07) is 19.1. The number of rotatable bonds is 4. The molecule has 0 heterocycles. The largest absolute Gasteiger partial charge is 0.507 e. The van der Waals surface area contributed by atoms with Crippen molar-refractivity contribution in [2.75, 3.05) is 0 Å². The second-order valence-corrected chi connectivity index (χ2v) is 8.99. The molecule has 146 valence electrons. The van der Waals surface area contributed by atoms with E-state index in [0.29, 0.717) is 5.75 Å². The zero-order chi connectivity index (χ0) is 20.5. The highest BCUT2D eigenvalue weighted by Gasteiger charge is 2.23. The van der Waals surface area contributed by atoms with Crippen LogP contribution in [0.1, 0.15) is 65.3 Å². The smallest absolute Gasteiger partial charge is 0.122 e. The third-order valence-electron chi connectivity index (χ3n) is 5.84. The van der Waals surface area contributed by atoms with E-state index < -0.39 is 0 Å². The first-order valence-electron chi connectivity index (χ1n) is 10.1. The lowest BCUT2D eigenvalue weighted by molar-refractivity contribution is 0.460. The van der Waals surface area contributed by atoms with Gasteiger partial charge in [-0.3, -0.25) is 0 Å². The van der Waals surface area contributed by atoms with Gasteiger partial charge in [-0.25, -0.2) is 0 Å². The van der Waals surface area contributed by atoms with Crippen molar-refractivity contribution in [2.24, 2.45) is 0 Å². The van der Waals surface area contributed by atoms with E-state index in [1.165, 1.54) is 33.4 Å². The number of phenolic OH excluding ortho intramolecular Hbond substituents is 1. The summed E-state index contributed by atoms with van der Waals surface area (Å²) in [4.78, 5) is 0. The first kappa shape index (κ1) is 20.2. The van der Waals surface area contributed by atoms with E-state index in [0.717, 1.165) is 24.0 Å². The molecule has 0 bridgehead atoms. The highest BCUT2D eigenvalue weighted by atomic mass is 16.3. The Morgan fingerprint density at radius 1 is 0.714 bits per heavy atom. The van der Waals surface area contributed by atoms with E-state index in [2.05, 4.69) is 96.1 Å². The Hall–Kier alpha value is -2.54. The predicted octanol–water partition coefficient (Wildman–Crippen LogP) is 6.80. The van der Waals surface area contributed by atoms with Crippen LogP contribution in [-0.4, -0.2) is 5.11 Å². The van der Waals surface area contributed by atoms with Gasteiger partial charge in [-0.05, 0) is 65.1 Å². The van der Waals surface area contributed by atoms with Crippen LogP contribution in [0, 0.1) is 20.8 Å². The van der Waals surface area contributed by atoms with Crippen molar-refractivity contribution >= 4 is 0 Å². The summed E-state index contributed by atoms with van der Waals surface area (Å²) in [6.45, 7) is 13.2. The van der Waals surface area contributed by atoms with Crippen molar-refractivity contribution in [1.82, 2.24) is 0 Å². The molecule has 28 heavy (non-hydrogen) atoms. The minimum absolute atomic E-state index is 0.0265. The van der Waals surface area contributed by atoms with Crippen LogP contribution >= 0.6 is 0 Å². The quantitative estimate of drug-likeness (QED) is 0.534. The van der Waals surface area contributed by atoms with E-state index in [1.807, 2.05) is 0 Å². The molecule has 0 saturated heterocycles. The standard InChI is InChI=1S/C27H32O/c1-18-11-7-9-13-21(18)15-23-17-25(27(4,5)6)20(3)24(26(23)28)16-22-14-10-8-12-19(22)2/h7-14,17,28H,15-16H2,1-6H3. The molecule has 0 unspecified atom stereocenters. The summed E-state index contributed by atoms with van der Waals surface area (Å²) in [5.74, 6) is 0.456. The van der Waals surface area contributed by atoms with Gasteiger partial charge >= 0.3 is 0 Å². The summed E-state index contributed by atoms with van der Waals surface area (Å²) >= 11 is 0. The van der Waals surface area contributed by atoms with Gasteiger partial charge in [0.2, 0.25) is 0 Å². The summed E-state index contributed by atoms with van der Waals surface area (Å²) in [6.07, 6.45) is 1.51. The predicted molar refractivity (Wildman–Crippen MR) is 120 cm³/mol. The Balaban J connectivity index is 2.15. The molecule has 0 aliphatic carbocycles. The normalized spacial score (nSPS) is 11.6. The third kappa shape index (κ3) is 4.14. The third-order valence-corrected chi connectivity index (χ3v) is 5.84. The summed E-state index contributed by atoms with van der Waals surface area (Å²) in [7, 11) is 0. The SMILES string of the molecule is Cc1ccccc1Cc1cc(C(C)(C)C)c(C)c(Cc2ccccc2C)c1O. The second kappa shape index (κ2) is 7.83. The maximum Gasteiger partial charge on any atom is 0.122 e. The topological polar surface area (TPSA) is 20.2 Å². The van der Waals surface area contributed by atoms with Gasteiger partial charge in [-0.1, -0.05) is 75.4 Å². The molecule has 0 spiro atoms. The molecule has 1 N–H and O–H groups in total. The molecule has 1 nitrogen and oxygen atoms in total. The molecule has 0 atom stereocenters. The van der Waals surface area contributed by atoms with Gasteiger partial charge in [0.1, 0.15) is 5.75 Å². The van der Waals surface area contributed by atoms with E-state index in [1.54, 1.807) is 0 Å². The Bertz CT molecular complexity index is 990. The zero-order valence-corrected chi connectivity index (χ0v) is 18.1. The number of aryl methyl sites for hydroxylation is 2. The number of phenols is 1. The molecule has 0 aliphatic rings. The van der Waals surface area contributed by atoms with Crippen molar-refractivity contribution in [2.45, 2.75) is 59.8 Å². The average Bonchev–Trinajstić information content (AvgIpc) is 2.63. The fourth-order valence-electron chi connectivity index (χ4n) is 4.03. The van der Waals surface area contributed by atoms with Crippen molar-refractivity contribution < 1.29 is 5.11 Å². The van der Waals surface area contributed by atoms with Gasteiger partial charge in [-0.2, -0.15) is 0 Å². The second-order valence-electron chi connectivity index (χ2n) is 8.99. The average molecular weight is 373 g/mol. The van der Waals surface area contributed by atoms with Crippen molar-refractivity contribution in [3.05, 3.63) is 99.1 Å². The number of benzene rings is 3. The molecule has 3 rings (SSSR count). The molecule has 3 aromatic rings. The molecule has 0 fully saturated rings. The van der Waals surface area contributed by atoms with E-state index >= 15 is 0 Å². The first-order chi connectivity index (χ1) is 13.2.